The van der Waals surface area contributed by atoms with E-state index in [1.54, 1.807) is 53.4 Å². The minimum absolute atomic E-state index is 0.0260. The van der Waals surface area contributed by atoms with E-state index in [0.29, 0.717) is 29.2 Å². The maximum atomic E-state index is 13.0. The van der Waals surface area contributed by atoms with Gasteiger partial charge in [-0.05, 0) is 55.5 Å². The van der Waals surface area contributed by atoms with Gasteiger partial charge in [0.15, 0.2) is 0 Å². The topological polar surface area (TPSA) is 90.5 Å². The average Bonchev–Trinajstić information content (AvgIpc) is 2.79. The van der Waals surface area contributed by atoms with Crippen LogP contribution in [0.5, 0.6) is 0 Å². The largest absolute Gasteiger partial charge is 0.376 e. The molecule has 0 saturated heterocycles. The number of para-hydroxylation sites is 1. The summed E-state index contributed by atoms with van der Waals surface area (Å²) in [5, 5.41) is 8.51. The van der Waals surface area contributed by atoms with Gasteiger partial charge in [-0.2, -0.15) is 0 Å². The molecule has 0 fully saturated rings. The summed E-state index contributed by atoms with van der Waals surface area (Å²) >= 11 is 0. The van der Waals surface area contributed by atoms with Crippen LogP contribution < -0.4 is 20.9 Å². The molecule has 0 saturated carbocycles. The number of amides is 3. The van der Waals surface area contributed by atoms with E-state index >= 15 is 0 Å². The first kappa shape index (κ1) is 22.6. The van der Waals surface area contributed by atoms with Crippen LogP contribution in [-0.4, -0.2) is 30.8 Å². The molecule has 0 aliphatic rings. The Balaban J connectivity index is 1.62. The molecular weight excluding hydrogens is 404 g/mol. The lowest BCUT2D eigenvalue weighted by atomic mass is 10.1. The molecule has 3 N–H and O–H groups in total. The van der Waals surface area contributed by atoms with Crippen LogP contribution in [0.2, 0.25) is 0 Å². The summed E-state index contributed by atoms with van der Waals surface area (Å²) in [6, 6.07) is 23.5. The van der Waals surface area contributed by atoms with E-state index in [2.05, 4.69) is 16.0 Å². The molecule has 32 heavy (non-hydrogen) atoms. The molecule has 0 spiro atoms. The monoisotopic (exact) mass is 430 g/mol. The number of anilines is 4. The van der Waals surface area contributed by atoms with Crippen molar-refractivity contribution >= 4 is 40.5 Å². The minimum atomic E-state index is -0.249. The molecular formula is C25H26N4O3. The van der Waals surface area contributed by atoms with Crippen LogP contribution in [0.1, 0.15) is 24.2 Å². The average molecular weight is 431 g/mol. The molecule has 7 heteroatoms. The van der Waals surface area contributed by atoms with Gasteiger partial charge in [0.2, 0.25) is 11.8 Å². The van der Waals surface area contributed by atoms with E-state index in [1.165, 1.54) is 6.92 Å². The van der Waals surface area contributed by atoms with Crippen LogP contribution in [0.3, 0.4) is 0 Å². The quantitative estimate of drug-likeness (QED) is 0.495. The number of rotatable bonds is 8. The van der Waals surface area contributed by atoms with Crippen molar-refractivity contribution in [1.29, 1.82) is 0 Å². The van der Waals surface area contributed by atoms with Gasteiger partial charge >= 0.3 is 0 Å². The molecule has 0 aliphatic carbocycles. The Hall–Kier alpha value is -4.13. The van der Waals surface area contributed by atoms with Gasteiger partial charge in [0.25, 0.3) is 5.91 Å². The van der Waals surface area contributed by atoms with Crippen LogP contribution in [0.25, 0.3) is 0 Å². The molecule has 0 bridgehead atoms. The fraction of sp³-hybridized carbons (Fsp3) is 0.160. The summed E-state index contributed by atoms with van der Waals surface area (Å²) in [4.78, 5) is 38.2. The third kappa shape index (κ3) is 6.18. The molecule has 0 heterocycles. The number of carbonyl (C=O) groups excluding carboxylic acids is 3. The third-order valence-corrected chi connectivity index (χ3v) is 4.66. The highest BCUT2D eigenvalue weighted by molar-refractivity contribution is 6.06. The Bertz CT molecular complexity index is 1100. The number of carbonyl (C=O) groups is 3. The Morgan fingerprint density at radius 2 is 1.44 bits per heavy atom. The number of nitrogens with zero attached hydrogens (tertiary/aromatic N) is 1. The summed E-state index contributed by atoms with van der Waals surface area (Å²) in [5.74, 6) is -0.541. The van der Waals surface area contributed by atoms with Gasteiger partial charge in [0, 0.05) is 41.8 Å². The maximum absolute atomic E-state index is 13.0. The van der Waals surface area contributed by atoms with Crippen molar-refractivity contribution < 1.29 is 14.4 Å². The van der Waals surface area contributed by atoms with Gasteiger partial charge in [-0.25, -0.2) is 0 Å². The number of benzene rings is 3. The molecule has 3 rings (SSSR count). The Labute approximate surface area is 187 Å². The van der Waals surface area contributed by atoms with Crippen molar-refractivity contribution in [3.8, 4) is 0 Å². The molecule has 0 atom stereocenters. The second-order valence-corrected chi connectivity index (χ2v) is 7.13. The van der Waals surface area contributed by atoms with Crippen molar-refractivity contribution in [3.05, 3.63) is 84.4 Å². The molecule has 3 aromatic carbocycles. The zero-order chi connectivity index (χ0) is 22.9. The van der Waals surface area contributed by atoms with Crippen molar-refractivity contribution in [1.82, 2.24) is 0 Å². The Kier molecular flexibility index (Phi) is 7.59. The van der Waals surface area contributed by atoms with Crippen LogP contribution in [-0.2, 0) is 9.59 Å². The van der Waals surface area contributed by atoms with Gasteiger partial charge < -0.3 is 20.9 Å². The normalized spacial score (nSPS) is 10.2. The zero-order valence-electron chi connectivity index (χ0n) is 18.1. The van der Waals surface area contributed by atoms with Gasteiger partial charge in [-0.1, -0.05) is 30.3 Å². The van der Waals surface area contributed by atoms with Gasteiger partial charge in [0.05, 0.1) is 6.54 Å². The lowest BCUT2D eigenvalue weighted by Crippen LogP contribution is -2.30. The number of nitrogens with one attached hydrogen (secondary N) is 3. The predicted molar refractivity (Wildman–Crippen MR) is 128 cm³/mol. The smallest absolute Gasteiger partial charge is 0.258 e. The van der Waals surface area contributed by atoms with E-state index in [0.717, 1.165) is 5.69 Å². The Morgan fingerprint density at radius 1 is 0.781 bits per heavy atom. The standard InChI is InChI=1S/C25H26N4O3/c1-3-29(23-13-5-4-6-14-23)25(32)19-9-7-10-20(15-19)26-17-24(31)28-22-12-8-11-21(16-22)27-18(2)30/h4-16,26H,3,17H2,1-2H3,(H,27,30)(H,28,31). The molecule has 7 nitrogen and oxygen atoms in total. The van der Waals surface area contributed by atoms with Gasteiger partial charge in [-0.15, -0.1) is 0 Å². The number of hydrogen-bond acceptors (Lipinski definition) is 4. The van der Waals surface area contributed by atoms with Crippen LogP contribution in [0, 0.1) is 0 Å². The van der Waals surface area contributed by atoms with E-state index < -0.39 is 0 Å². The summed E-state index contributed by atoms with van der Waals surface area (Å²) in [5.41, 5.74) is 3.22. The van der Waals surface area contributed by atoms with Gasteiger partial charge in [-0.3, -0.25) is 14.4 Å². The summed E-state index contributed by atoms with van der Waals surface area (Å²) < 4.78 is 0. The number of hydrogen-bond donors (Lipinski definition) is 3. The predicted octanol–water partition coefficient (Wildman–Crippen LogP) is 4.36. The molecule has 0 aromatic heterocycles. The SMILES string of the molecule is CCN(C(=O)c1cccc(NCC(=O)Nc2cccc(NC(C)=O)c2)c1)c1ccccc1. The molecule has 3 aromatic rings. The lowest BCUT2D eigenvalue weighted by Gasteiger charge is -2.21. The molecule has 0 aliphatic heterocycles. The van der Waals surface area contributed by atoms with Crippen molar-refractivity contribution in [3.63, 3.8) is 0 Å². The molecule has 3 amide bonds. The van der Waals surface area contributed by atoms with Crippen LogP contribution in [0.4, 0.5) is 22.7 Å². The van der Waals surface area contributed by atoms with Crippen molar-refractivity contribution in [2.75, 3.05) is 33.9 Å². The lowest BCUT2D eigenvalue weighted by molar-refractivity contribution is -0.115. The highest BCUT2D eigenvalue weighted by atomic mass is 16.2. The second-order valence-electron chi connectivity index (χ2n) is 7.13. The van der Waals surface area contributed by atoms with Crippen molar-refractivity contribution in [2.45, 2.75) is 13.8 Å². The van der Waals surface area contributed by atoms with E-state index in [-0.39, 0.29) is 24.3 Å². The Morgan fingerprint density at radius 3 is 2.12 bits per heavy atom. The fourth-order valence-corrected chi connectivity index (χ4v) is 3.23. The van der Waals surface area contributed by atoms with E-state index in [4.69, 9.17) is 0 Å². The highest BCUT2D eigenvalue weighted by Gasteiger charge is 2.16. The highest BCUT2D eigenvalue weighted by Crippen LogP contribution is 2.19. The summed E-state index contributed by atoms with van der Waals surface area (Å²) in [6.45, 7) is 3.92. The first-order valence-corrected chi connectivity index (χ1v) is 10.3. The van der Waals surface area contributed by atoms with Crippen LogP contribution in [0.15, 0.2) is 78.9 Å². The fourth-order valence-electron chi connectivity index (χ4n) is 3.23. The first-order valence-electron chi connectivity index (χ1n) is 10.3. The minimum Gasteiger partial charge on any atom is -0.376 e. The molecule has 0 radical (unpaired) electrons. The third-order valence-electron chi connectivity index (χ3n) is 4.66. The summed E-state index contributed by atoms with van der Waals surface area (Å²) in [7, 11) is 0. The molecule has 0 unspecified atom stereocenters. The summed E-state index contributed by atoms with van der Waals surface area (Å²) in [6.07, 6.45) is 0. The van der Waals surface area contributed by atoms with Crippen LogP contribution >= 0.6 is 0 Å². The maximum Gasteiger partial charge on any atom is 0.258 e. The van der Waals surface area contributed by atoms with Crippen molar-refractivity contribution in [2.24, 2.45) is 0 Å². The molecule has 164 valence electrons. The van der Waals surface area contributed by atoms with E-state index in [9.17, 15) is 14.4 Å². The van der Waals surface area contributed by atoms with Gasteiger partial charge in [0.1, 0.15) is 0 Å². The zero-order valence-corrected chi connectivity index (χ0v) is 18.1. The second kappa shape index (κ2) is 10.8. The first-order chi connectivity index (χ1) is 15.5. The van der Waals surface area contributed by atoms with E-state index in [1.807, 2.05) is 37.3 Å².